The van der Waals surface area contributed by atoms with E-state index in [-0.39, 0.29) is 37.2 Å². The predicted octanol–water partition coefficient (Wildman–Crippen LogP) is 0.826. The van der Waals surface area contributed by atoms with Gasteiger partial charge in [0.1, 0.15) is 35.4 Å². The molecule has 0 spiro atoms. The van der Waals surface area contributed by atoms with Crippen LogP contribution in [0.2, 0.25) is 0 Å². The molecule has 0 bridgehead atoms. The summed E-state index contributed by atoms with van der Waals surface area (Å²) in [6.07, 6.45) is 1.51. The highest BCUT2D eigenvalue weighted by atomic mass is 16.6. The molecule has 4 rings (SSSR count). The highest BCUT2D eigenvalue weighted by Gasteiger charge is 2.47. The minimum Gasteiger partial charge on any atom is -0.480 e. The quantitative estimate of drug-likeness (QED) is 0.197. The number of hydrogen-bond acceptors (Lipinski definition) is 11. The van der Waals surface area contributed by atoms with E-state index in [9.17, 15) is 43.5 Å². The Morgan fingerprint density at radius 1 is 0.636 bits per heavy atom. The third kappa shape index (κ3) is 12.0. The van der Waals surface area contributed by atoms with Crippen LogP contribution in [0.3, 0.4) is 0 Å². The molecule has 0 aromatic rings. The number of carboxylic acids is 1. The van der Waals surface area contributed by atoms with Crippen molar-refractivity contribution in [2.45, 2.75) is 128 Å². The third-order valence-corrected chi connectivity index (χ3v) is 9.52. The van der Waals surface area contributed by atoms with Gasteiger partial charge in [-0.25, -0.2) is 28.8 Å². The minimum atomic E-state index is -1.08. The number of carbonyl (C=O) groups excluding carboxylic acids is 7. The Labute approximate surface area is 321 Å². The Bertz CT molecular complexity index is 1460. The van der Waals surface area contributed by atoms with Crippen molar-refractivity contribution in [3.05, 3.63) is 0 Å². The van der Waals surface area contributed by atoms with Gasteiger partial charge in [0.05, 0.1) is 20.2 Å². The summed E-state index contributed by atoms with van der Waals surface area (Å²) in [6, 6.07) is -4.89. The lowest BCUT2D eigenvalue weighted by Crippen LogP contribution is -2.61. The fourth-order valence-corrected chi connectivity index (χ4v) is 7.16. The SMILES string of the molecule is CNC(=O)N1CC[C@H]2CC[C@@H](C(=O)O)N2C(=O)[C@@H](NC(=O)OC(C)(C)C)C1.CNC(=O)N1CC[C@H]2CC[C@@H](C(=O)OC)N2C(=O)[C@@H](NC(=O)OC(C)(C)C)C1. The van der Waals surface area contributed by atoms with Crippen molar-refractivity contribution in [1.82, 2.24) is 40.9 Å². The number of nitrogens with one attached hydrogen (secondary N) is 4. The van der Waals surface area contributed by atoms with Crippen molar-refractivity contribution in [2.24, 2.45) is 0 Å². The second-order valence-corrected chi connectivity index (χ2v) is 15.8. The Morgan fingerprint density at radius 2 is 1.02 bits per heavy atom. The van der Waals surface area contributed by atoms with E-state index in [1.165, 1.54) is 40.8 Å². The zero-order valence-corrected chi connectivity index (χ0v) is 33.3. The maximum absolute atomic E-state index is 13.3. The largest absolute Gasteiger partial charge is 0.480 e. The van der Waals surface area contributed by atoms with Crippen LogP contribution in [0.15, 0.2) is 0 Å². The van der Waals surface area contributed by atoms with Gasteiger partial charge in [0.2, 0.25) is 11.8 Å². The molecule has 55 heavy (non-hydrogen) atoms. The molecule has 310 valence electrons. The Hall–Kier alpha value is -5.04. The van der Waals surface area contributed by atoms with Crippen LogP contribution >= 0.6 is 0 Å². The molecule has 0 aromatic carbocycles. The van der Waals surface area contributed by atoms with Gasteiger partial charge in [-0.1, -0.05) is 0 Å². The number of carboxylic acid groups (broad SMARTS) is 1. The lowest BCUT2D eigenvalue weighted by Gasteiger charge is -2.38. The van der Waals surface area contributed by atoms with Crippen molar-refractivity contribution in [2.75, 3.05) is 47.4 Å². The summed E-state index contributed by atoms with van der Waals surface area (Å²) >= 11 is 0. The van der Waals surface area contributed by atoms with Crippen LogP contribution in [0, 0.1) is 0 Å². The second kappa shape index (κ2) is 18.5. The van der Waals surface area contributed by atoms with Crippen molar-refractivity contribution in [3.63, 3.8) is 0 Å². The zero-order chi connectivity index (χ0) is 41.4. The van der Waals surface area contributed by atoms with Crippen LogP contribution in [-0.2, 0) is 33.4 Å². The summed E-state index contributed by atoms with van der Waals surface area (Å²) in [6.45, 7) is 10.9. The molecule has 20 heteroatoms. The van der Waals surface area contributed by atoms with Crippen molar-refractivity contribution < 1.29 is 57.7 Å². The summed E-state index contributed by atoms with van der Waals surface area (Å²) in [5.74, 6) is -2.47. The molecule has 0 aromatic heterocycles. The molecule has 5 N–H and O–H groups in total. The maximum atomic E-state index is 13.3. The number of methoxy groups -OCH3 is 1. The topological polar surface area (TPSA) is 246 Å². The van der Waals surface area contributed by atoms with Gasteiger partial charge in [0.25, 0.3) is 0 Å². The maximum Gasteiger partial charge on any atom is 0.408 e. The molecule has 0 aliphatic carbocycles. The molecule has 20 nitrogen and oxygen atoms in total. The van der Waals surface area contributed by atoms with Crippen LogP contribution in [0.5, 0.6) is 0 Å². The van der Waals surface area contributed by atoms with E-state index in [1.807, 2.05) is 0 Å². The summed E-state index contributed by atoms with van der Waals surface area (Å²) < 4.78 is 15.3. The van der Waals surface area contributed by atoms with Crippen molar-refractivity contribution >= 4 is 48.0 Å². The fourth-order valence-electron chi connectivity index (χ4n) is 7.16. The Kier molecular flexibility index (Phi) is 14.9. The molecule has 4 fully saturated rings. The number of carbonyl (C=O) groups is 8. The number of hydrogen-bond donors (Lipinski definition) is 5. The minimum absolute atomic E-state index is 0.0190. The molecule has 0 radical (unpaired) electrons. The van der Waals surface area contributed by atoms with Crippen LogP contribution in [0.25, 0.3) is 0 Å². The van der Waals surface area contributed by atoms with E-state index in [0.717, 1.165) is 0 Å². The molecule has 4 heterocycles. The highest BCUT2D eigenvalue weighted by molar-refractivity contribution is 5.92. The van der Waals surface area contributed by atoms with Gasteiger partial charge in [-0.05, 0) is 80.1 Å². The lowest BCUT2D eigenvalue weighted by molar-refractivity contribution is -0.153. The first kappa shape index (κ1) is 44.4. The molecule has 4 aliphatic heterocycles. The van der Waals surface area contributed by atoms with Gasteiger partial charge in [-0.2, -0.15) is 0 Å². The average molecular weight is 783 g/mol. The fraction of sp³-hybridized carbons (Fsp3) is 0.771. The normalized spacial score (nSPS) is 25.6. The number of rotatable bonds is 4. The zero-order valence-electron chi connectivity index (χ0n) is 33.3. The molecule has 8 amide bonds. The molecule has 4 saturated heterocycles. The molecular weight excluding hydrogens is 724 g/mol. The van der Waals surface area contributed by atoms with E-state index >= 15 is 0 Å². The first-order chi connectivity index (χ1) is 25.6. The summed E-state index contributed by atoms with van der Waals surface area (Å²) in [5, 5.41) is 19.6. The van der Waals surface area contributed by atoms with Crippen LogP contribution in [-0.4, -0.2) is 168 Å². The highest BCUT2D eigenvalue weighted by Crippen LogP contribution is 2.31. The van der Waals surface area contributed by atoms with Crippen LogP contribution in [0.4, 0.5) is 19.2 Å². The number of alkyl carbamates (subject to hydrolysis) is 2. The first-order valence-electron chi connectivity index (χ1n) is 18.5. The predicted molar refractivity (Wildman–Crippen MR) is 195 cm³/mol. The van der Waals surface area contributed by atoms with E-state index in [4.69, 9.17) is 14.2 Å². The van der Waals surface area contributed by atoms with Gasteiger partial charge >= 0.3 is 36.2 Å². The van der Waals surface area contributed by atoms with E-state index in [2.05, 4.69) is 21.3 Å². The number of urea groups is 2. The number of ether oxygens (including phenoxy) is 3. The Morgan fingerprint density at radius 3 is 1.36 bits per heavy atom. The average Bonchev–Trinajstić information content (AvgIpc) is 3.71. The van der Waals surface area contributed by atoms with E-state index in [1.54, 1.807) is 41.5 Å². The number of nitrogens with zero attached hydrogens (tertiary/aromatic N) is 4. The summed E-state index contributed by atoms with van der Waals surface area (Å²) in [4.78, 5) is 105. The smallest absolute Gasteiger partial charge is 0.408 e. The standard InChI is InChI=1S/C18H30N4O6.C17H28N4O6/c1-18(2,3)28-17(26)20-12-10-21(16(25)19-4)9-8-11-6-7-13(15(24)27-5)22(11)14(12)23;1-17(2,3)27-16(26)19-11-9-20(15(25)18-4)8-7-10-5-6-12(14(23)24)21(10)13(11)22/h11-13H,6-10H2,1-5H3,(H,19,25)(H,20,26);10-12H,5-9H2,1-4H3,(H,18,25)(H,19,26)(H,23,24)/t11-,12+,13+;10-,11+,12+/m11/s1. The Balaban J connectivity index is 0.000000296. The third-order valence-electron chi connectivity index (χ3n) is 9.52. The lowest BCUT2D eigenvalue weighted by atomic mass is 10.1. The van der Waals surface area contributed by atoms with E-state index in [0.29, 0.717) is 51.6 Å². The number of esters is 1. The van der Waals surface area contributed by atoms with Gasteiger partial charge in [-0.15, -0.1) is 0 Å². The van der Waals surface area contributed by atoms with Gasteiger partial charge in [-0.3, -0.25) is 9.59 Å². The van der Waals surface area contributed by atoms with Gasteiger partial charge < -0.3 is 60.2 Å². The molecule has 0 saturated carbocycles. The van der Waals surface area contributed by atoms with Crippen LogP contribution in [0.1, 0.15) is 80.1 Å². The van der Waals surface area contributed by atoms with Crippen molar-refractivity contribution in [3.8, 4) is 0 Å². The van der Waals surface area contributed by atoms with Gasteiger partial charge in [0.15, 0.2) is 0 Å². The summed E-state index contributed by atoms with van der Waals surface area (Å²) in [5.41, 5.74) is -1.49. The molecule has 0 unspecified atom stereocenters. The number of amides is 8. The first-order valence-corrected chi connectivity index (χ1v) is 18.5. The second-order valence-electron chi connectivity index (χ2n) is 15.8. The van der Waals surface area contributed by atoms with E-state index < -0.39 is 71.3 Å². The van der Waals surface area contributed by atoms with Gasteiger partial charge in [0, 0.05) is 39.3 Å². The molecule has 4 aliphatic rings. The molecule has 6 atom stereocenters. The number of fused-ring (bicyclic) bond motifs is 2. The van der Waals surface area contributed by atoms with Crippen LogP contribution < -0.4 is 21.3 Å². The number of aliphatic carboxylic acids is 1. The monoisotopic (exact) mass is 782 g/mol. The van der Waals surface area contributed by atoms with Crippen molar-refractivity contribution in [1.29, 1.82) is 0 Å². The summed E-state index contributed by atoms with van der Waals surface area (Å²) in [7, 11) is 4.28. The molecular formula is C35H58N8O12.